The lowest BCUT2D eigenvalue weighted by Gasteiger charge is -2.12. The summed E-state index contributed by atoms with van der Waals surface area (Å²) < 4.78 is 23.2. The van der Waals surface area contributed by atoms with Gasteiger partial charge in [-0.25, -0.2) is 13.9 Å². The average Bonchev–Trinajstić information content (AvgIpc) is 3.44. The number of halogens is 1. The lowest BCUT2D eigenvalue weighted by Crippen LogP contribution is -2.06. The van der Waals surface area contributed by atoms with Crippen LogP contribution < -0.4 is 10.1 Å². The first kappa shape index (κ1) is 23.8. The zero-order valence-electron chi connectivity index (χ0n) is 21.2. The van der Waals surface area contributed by atoms with Gasteiger partial charge in [0.2, 0.25) is 5.88 Å². The number of nitrogens with one attached hydrogen (secondary N) is 1. The minimum Gasteiger partial charge on any atom is -0.437 e. The van der Waals surface area contributed by atoms with Crippen LogP contribution in [0.15, 0.2) is 67.0 Å². The first-order chi connectivity index (χ1) is 18.4. The topological polar surface area (TPSA) is 86.3 Å². The minimum absolute atomic E-state index is 0.194. The highest BCUT2D eigenvalue weighted by molar-refractivity contribution is 5.98. The molecule has 3 heterocycles. The molecule has 1 saturated carbocycles. The fourth-order valence-corrected chi connectivity index (χ4v) is 4.55. The maximum absolute atomic E-state index is 13.8. The lowest BCUT2D eigenvalue weighted by atomic mass is 9.98. The van der Waals surface area contributed by atoms with E-state index in [9.17, 15) is 9.18 Å². The van der Waals surface area contributed by atoms with Crippen molar-refractivity contribution in [2.75, 3.05) is 5.32 Å². The number of Topliss-reactive ketones (excluding diaryl/α,β-unsaturated/α-hetero) is 1. The van der Waals surface area contributed by atoms with Gasteiger partial charge < -0.3 is 10.1 Å². The first-order valence-electron chi connectivity index (χ1n) is 12.6. The maximum Gasteiger partial charge on any atom is 0.239 e. The molecule has 2 aromatic carbocycles. The number of ketones is 1. The van der Waals surface area contributed by atoms with Crippen molar-refractivity contribution in [2.24, 2.45) is 13.0 Å². The average molecular weight is 511 g/mol. The smallest absolute Gasteiger partial charge is 0.239 e. The molecule has 1 N–H and O–H groups in total. The largest absolute Gasteiger partial charge is 0.437 e. The highest BCUT2D eigenvalue weighted by atomic mass is 19.1. The lowest BCUT2D eigenvalue weighted by molar-refractivity contribution is 0.0975. The van der Waals surface area contributed by atoms with E-state index in [0.29, 0.717) is 36.0 Å². The molecule has 9 heteroatoms. The van der Waals surface area contributed by atoms with E-state index >= 15 is 0 Å². The quantitative estimate of drug-likeness (QED) is 0.246. The Morgan fingerprint density at radius 2 is 2.00 bits per heavy atom. The number of nitrogens with zero attached hydrogens (tertiary/aromatic N) is 5. The van der Waals surface area contributed by atoms with E-state index in [2.05, 4.69) is 20.5 Å². The minimum atomic E-state index is -0.396. The Morgan fingerprint density at radius 3 is 2.74 bits per heavy atom. The van der Waals surface area contributed by atoms with Gasteiger partial charge in [-0.1, -0.05) is 18.2 Å². The van der Waals surface area contributed by atoms with Gasteiger partial charge in [-0.05, 0) is 55.5 Å². The van der Waals surface area contributed by atoms with Crippen LogP contribution in [0.25, 0.3) is 16.9 Å². The predicted octanol–water partition coefficient (Wildman–Crippen LogP) is 5.96. The molecule has 0 aliphatic heterocycles. The van der Waals surface area contributed by atoms with Crippen LogP contribution in [0.5, 0.6) is 11.6 Å². The Bertz CT molecular complexity index is 1650. The zero-order valence-corrected chi connectivity index (χ0v) is 21.2. The Balaban J connectivity index is 1.37. The highest BCUT2D eigenvalue weighted by Crippen LogP contribution is 2.35. The van der Waals surface area contributed by atoms with Crippen LogP contribution in [0.4, 0.5) is 10.1 Å². The van der Waals surface area contributed by atoms with Gasteiger partial charge in [0.05, 0.1) is 29.8 Å². The molecule has 1 fully saturated rings. The van der Waals surface area contributed by atoms with Gasteiger partial charge in [0.15, 0.2) is 11.4 Å². The summed E-state index contributed by atoms with van der Waals surface area (Å²) in [5.41, 5.74) is 5.47. The summed E-state index contributed by atoms with van der Waals surface area (Å²) in [7, 11) is 1.87. The van der Waals surface area contributed by atoms with Crippen molar-refractivity contribution in [1.82, 2.24) is 24.4 Å². The first-order valence-corrected chi connectivity index (χ1v) is 12.6. The molecule has 38 heavy (non-hydrogen) atoms. The molecule has 6 rings (SSSR count). The van der Waals surface area contributed by atoms with E-state index in [4.69, 9.17) is 4.74 Å². The van der Waals surface area contributed by atoms with Gasteiger partial charge in [-0.2, -0.15) is 5.10 Å². The van der Waals surface area contributed by atoms with Crippen molar-refractivity contribution in [3.63, 3.8) is 0 Å². The number of rotatable bonds is 9. The molecule has 0 spiro atoms. The molecule has 3 aromatic heterocycles. The fourth-order valence-electron chi connectivity index (χ4n) is 4.55. The fraction of sp³-hybridized carbons (Fsp3) is 0.241. The second-order valence-corrected chi connectivity index (χ2v) is 9.77. The number of ether oxygens (including phenoxy) is 1. The summed E-state index contributed by atoms with van der Waals surface area (Å²) in [6.07, 6.45) is 6.54. The molecule has 0 unspecified atom stereocenters. The highest BCUT2D eigenvalue weighted by Gasteiger charge is 2.25. The van der Waals surface area contributed by atoms with E-state index in [0.717, 1.165) is 40.9 Å². The van der Waals surface area contributed by atoms with Gasteiger partial charge in [0.25, 0.3) is 0 Å². The van der Waals surface area contributed by atoms with Crippen molar-refractivity contribution in [2.45, 2.75) is 32.7 Å². The van der Waals surface area contributed by atoms with Crippen LogP contribution in [-0.4, -0.2) is 30.2 Å². The second-order valence-electron chi connectivity index (χ2n) is 9.77. The molecule has 0 bridgehead atoms. The molecule has 0 amide bonds. The van der Waals surface area contributed by atoms with Gasteiger partial charge in [0, 0.05) is 42.9 Å². The Hall–Kier alpha value is -4.53. The second kappa shape index (κ2) is 9.74. The molecule has 1 aliphatic rings. The number of hydrogen-bond donors (Lipinski definition) is 1. The van der Waals surface area contributed by atoms with Gasteiger partial charge in [0.1, 0.15) is 11.6 Å². The summed E-state index contributed by atoms with van der Waals surface area (Å²) in [6.45, 7) is 2.43. The van der Waals surface area contributed by atoms with Crippen LogP contribution in [0.1, 0.15) is 40.9 Å². The van der Waals surface area contributed by atoms with Crippen molar-refractivity contribution in [3.05, 3.63) is 89.6 Å². The third-order valence-electron chi connectivity index (χ3n) is 6.69. The Kier molecular flexibility index (Phi) is 6.11. The molecular weight excluding hydrogens is 483 g/mol. The van der Waals surface area contributed by atoms with E-state index in [1.807, 2.05) is 44.4 Å². The zero-order chi connectivity index (χ0) is 26.2. The van der Waals surface area contributed by atoms with E-state index in [1.165, 1.54) is 12.1 Å². The SMILES string of the molecule is Cc1cc(-c2cnc3c(NCc4ccn(C)n4)cc(Oc4cccc(F)c4)nn23)ccc1C(=O)CC1CC1. The third kappa shape index (κ3) is 5.00. The maximum atomic E-state index is 13.8. The number of benzene rings is 2. The van der Waals surface area contributed by atoms with E-state index in [1.54, 1.807) is 33.6 Å². The van der Waals surface area contributed by atoms with Crippen molar-refractivity contribution in [3.8, 4) is 22.9 Å². The Labute approximate surface area is 219 Å². The standard InChI is InChI=1S/C29H27FN6O2/c1-18-12-20(8-9-24(18)27(37)13-19-6-7-19)26-17-32-29-25(31-16-22-10-11-35(2)33-22)15-28(34-36(26)29)38-23-5-3-4-21(30)14-23/h3-5,8-12,14-15,17,19,31H,6-7,13,16H2,1-2H3. The molecular formula is C29H27FN6O2. The van der Waals surface area contributed by atoms with Crippen LogP contribution in [0.2, 0.25) is 0 Å². The molecule has 5 aromatic rings. The van der Waals surface area contributed by atoms with Crippen LogP contribution in [0, 0.1) is 18.7 Å². The molecule has 192 valence electrons. The Morgan fingerprint density at radius 1 is 1.13 bits per heavy atom. The number of aromatic nitrogens is 5. The number of fused-ring (bicyclic) bond motifs is 1. The monoisotopic (exact) mass is 510 g/mol. The predicted molar refractivity (Wildman–Crippen MR) is 142 cm³/mol. The number of carbonyl (C=O) groups is 1. The molecule has 0 radical (unpaired) electrons. The van der Waals surface area contributed by atoms with E-state index in [-0.39, 0.29) is 11.7 Å². The summed E-state index contributed by atoms with van der Waals surface area (Å²) in [4.78, 5) is 17.4. The number of anilines is 1. The summed E-state index contributed by atoms with van der Waals surface area (Å²) in [6, 6.07) is 15.4. The van der Waals surface area contributed by atoms with Crippen LogP contribution in [-0.2, 0) is 13.6 Å². The number of carbonyl (C=O) groups excluding carboxylic acids is 1. The van der Waals surface area contributed by atoms with Gasteiger partial charge in [-0.3, -0.25) is 9.48 Å². The number of aryl methyl sites for hydroxylation is 2. The summed E-state index contributed by atoms with van der Waals surface area (Å²) >= 11 is 0. The van der Waals surface area contributed by atoms with Gasteiger partial charge in [-0.15, -0.1) is 5.10 Å². The molecule has 0 atom stereocenters. The third-order valence-corrected chi connectivity index (χ3v) is 6.69. The molecule has 1 aliphatic carbocycles. The molecule has 0 saturated heterocycles. The van der Waals surface area contributed by atoms with Crippen molar-refractivity contribution < 1.29 is 13.9 Å². The molecule has 8 nitrogen and oxygen atoms in total. The van der Waals surface area contributed by atoms with Gasteiger partial charge >= 0.3 is 0 Å². The normalized spacial score (nSPS) is 13.1. The van der Waals surface area contributed by atoms with Crippen molar-refractivity contribution >= 4 is 17.1 Å². The van der Waals surface area contributed by atoms with Crippen molar-refractivity contribution in [1.29, 1.82) is 0 Å². The van der Waals surface area contributed by atoms with Crippen LogP contribution >= 0.6 is 0 Å². The van der Waals surface area contributed by atoms with E-state index < -0.39 is 5.82 Å². The number of imidazole rings is 1. The van der Waals surface area contributed by atoms with Crippen LogP contribution in [0.3, 0.4) is 0 Å². The summed E-state index contributed by atoms with van der Waals surface area (Å²) in [5, 5.41) is 12.5. The number of hydrogen-bond acceptors (Lipinski definition) is 6. The summed E-state index contributed by atoms with van der Waals surface area (Å²) in [5.74, 6) is 0.951.